The Morgan fingerprint density at radius 3 is 2.20 bits per heavy atom. The number of hydrogen-bond acceptors (Lipinski definition) is 2. The van der Waals surface area contributed by atoms with Crippen LogP contribution in [-0.4, -0.2) is 6.04 Å². The van der Waals surface area contributed by atoms with E-state index in [0.29, 0.717) is 21.8 Å². The first kappa shape index (κ1) is 10.9. The Labute approximate surface area is 99.7 Å². The van der Waals surface area contributed by atoms with E-state index in [1.807, 2.05) is 0 Å². The average Bonchev–Trinajstić information content (AvgIpc) is 2.63. The number of hydrogen-bond donors (Lipinski definition) is 2. The molecule has 3 N–H and O–H groups in total. The summed E-state index contributed by atoms with van der Waals surface area (Å²) in [5.41, 5.74) is 7.06. The second kappa shape index (κ2) is 4.50. The van der Waals surface area contributed by atoms with Crippen LogP contribution in [0.3, 0.4) is 0 Å². The van der Waals surface area contributed by atoms with E-state index in [1.165, 1.54) is 25.7 Å². The summed E-state index contributed by atoms with van der Waals surface area (Å²) in [5.74, 6) is 0. The molecule has 0 heterocycles. The number of rotatable bonds is 2. The van der Waals surface area contributed by atoms with E-state index in [1.54, 1.807) is 12.1 Å². The Balaban J connectivity index is 2.19. The van der Waals surface area contributed by atoms with Gasteiger partial charge in [0.2, 0.25) is 0 Å². The summed E-state index contributed by atoms with van der Waals surface area (Å²) in [7, 11) is 0. The maximum atomic E-state index is 6.09. The predicted molar refractivity (Wildman–Crippen MR) is 66.8 cm³/mol. The summed E-state index contributed by atoms with van der Waals surface area (Å²) in [4.78, 5) is 0. The first-order chi connectivity index (χ1) is 7.16. The minimum atomic E-state index is 0.503. The third-order valence-electron chi connectivity index (χ3n) is 2.77. The first-order valence-corrected chi connectivity index (χ1v) is 5.93. The smallest absolute Gasteiger partial charge is 0.0722 e. The summed E-state index contributed by atoms with van der Waals surface area (Å²) >= 11 is 12.2. The fraction of sp³-hybridized carbons (Fsp3) is 0.455. The van der Waals surface area contributed by atoms with Gasteiger partial charge >= 0.3 is 0 Å². The highest BCUT2D eigenvalue weighted by molar-refractivity contribution is 6.39. The molecule has 15 heavy (non-hydrogen) atoms. The Kier molecular flexibility index (Phi) is 3.27. The van der Waals surface area contributed by atoms with Crippen molar-refractivity contribution in [2.45, 2.75) is 31.7 Å². The van der Waals surface area contributed by atoms with Crippen molar-refractivity contribution in [1.29, 1.82) is 0 Å². The molecule has 0 aromatic heterocycles. The second-order valence-corrected chi connectivity index (χ2v) is 4.80. The van der Waals surface area contributed by atoms with Crippen LogP contribution in [-0.2, 0) is 0 Å². The van der Waals surface area contributed by atoms with Crippen LogP contribution in [0.5, 0.6) is 0 Å². The molecule has 1 saturated carbocycles. The number of nitrogens with two attached hydrogens (primary N) is 1. The number of benzene rings is 1. The molecule has 2 rings (SSSR count). The van der Waals surface area contributed by atoms with Gasteiger partial charge in [-0.25, -0.2) is 0 Å². The third-order valence-corrected chi connectivity index (χ3v) is 3.36. The van der Waals surface area contributed by atoms with Crippen molar-refractivity contribution in [3.63, 3.8) is 0 Å². The van der Waals surface area contributed by atoms with Crippen LogP contribution in [0.25, 0.3) is 0 Å². The summed E-state index contributed by atoms with van der Waals surface area (Å²) in [5, 5.41) is 4.59. The van der Waals surface area contributed by atoms with E-state index >= 15 is 0 Å². The molecule has 0 unspecified atom stereocenters. The van der Waals surface area contributed by atoms with Crippen molar-refractivity contribution < 1.29 is 0 Å². The van der Waals surface area contributed by atoms with Crippen molar-refractivity contribution in [2.24, 2.45) is 0 Å². The summed E-state index contributed by atoms with van der Waals surface area (Å²) in [6, 6.07) is 3.96. The Hall–Kier alpha value is -0.600. The lowest BCUT2D eigenvalue weighted by atomic mass is 10.2. The zero-order chi connectivity index (χ0) is 10.8. The summed E-state index contributed by atoms with van der Waals surface area (Å²) in [6.07, 6.45) is 4.94. The normalized spacial score (nSPS) is 16.9. The molecular formula is C11H14Cl2N2. The highest BCUT2D eigenvalue weighted by Crippen LogP contribution is 2.35. The molecule has 0 aliphatic heterocycles. The van der Waals surface area contributed by atoms with Gasteiger partial charge in [-0.2, -0.15) is 0 Å². The lowest BCUT2D eigenvalue weighted by Crippen LogP contribution is -2.15. The van der Waals surface area contributed by atoms with E-state index in [9.17, 15) is 0 Å². The van der Waals surface area contributed by atoms with Gasteiger partial charge in [0.25, 0.3) is 0 Å². The standard InChI is InChI=1S/C11H14Cl2N2/c12-9-5-7(14)6-10(13)11(9)15-8-3-1-2-4-8/h5-6,8,15H,1-4,14H2. The van der Waals surface area contributed by atoms with Crippen LogP contribution in [0.15, 0.2) is 12.1 Å². The minimum Gasteiger partial charge on any atom is -0.399 e. The van der Waals surface area contributed by atoms with Crippen molar-refractivity contribution >= 4 is 34.6 Å². The molecule has 0 atom stereocenters. The van der Waals surface area contributed by atoms with Crippen LogP contribution in [0, 0.1) is 0 Å². The van der Waals surface area contributed by atoms with Gasteiger partial charge in [-0.15, -0.1) is 0 Å². The number of nitrogens with one attached hydrogen (secondary N) is 1. The van der Waals surface area contributed by atoms with Gasteiger partial charge in [-0.1, -0.05) is 36.0 Å². The van der Waals surface area contributed by atoms with Gasteiger partial charge in [0.05, 0.1) is 15.7 Å². The molecule has 1 aromatic carbocycles. The van der Waals surface area contributed by atoms with Crippen molar-refractivity contribution in [3.8, 4) is 0 Å². The highest BCUT2D eigenvalue weighted by Gasteiger charge is 2.17. The summed E-state index contributed by atoms with van der Waals surface area (Å²) < 4.78 is 0. The molecule has 1 aliphatic rings. The van der Waals surface area contributed by atoms with E-state index in [0.717, 1.165) is 5.69 Å². The molecule has 0 spiro atoms. The topological polar surface area (TPSA) is 38.0 Å². The molecular weight excluding hydrogens is 231 g/mol. The maximum absolute atomic E-state index is 6.09. The SMILES string of the molecule is Nc1cc(Cl)c(NC2CCCC2)c(Cl)c1. The quantitative estimate of drug-likeness (QED) is 0.774. The zero-order valence-electron chi connectivity index (χ0n) is 8.39. The lowest BCUT2D eigenvalue weighted by molar-refractivity contribution is 0.755. The van der Waals surface area contributed by atoms with Gasteiger partial charge in [0, 0.05) is 11.7 Å². The fourth-order valence-corrected chi connectivity index (χ4v) is 2.62. The van der Waals surface area contributed by atoms with E-state index in [2.05, 4.69) is 5.32 Å². The van der Waals surface area contributed by atoms with Crippen LogP contribution in [0.1, 0.15) is 25.7 Å². The van der Waals surface area contributed by atoms with Gasteiger partial charge in [0.1, 0.15) is 0 Å². The minimum absolute atomic E-state index is 0.503. The molecule has 0 radical (unpaired) electrons. The van der Waals surface area contributed by atoms with Gasteiger partial charge in [-0.3, -0.25) is 0 Å². The molecule has 2 nitrogen and oxygen atoms in total. The Morgan fingerprint density at radius 1 is 1.13 bits per heavy atom. The van der Waals surface area contributed by atoms with Crippen LogP contribution < -0.4 is 11.1 Å². The van der Waals surface area contributed by atoms with E-state index in [-0.39, 0.29) is 0 Å². The second-order valence-electron chi connectivity index (χ2n) is 3.99. The number of anilines is 2. The van der Waals surface area contributed by atoms with Crippen LogP contribution >= 0.6 is 23.2 Å². The fourth-order valence-electron chi connectivity index (χ4n) is 2.00. The largest absolute Gasteiger partial charge is 0.399 e. The molecule has 0 amide bonds. The Bertz CT molecular complexity index is 337. The molecule has 0 saturated heterocycles. The predicted octanol–water partition coefficient (Wildman–Crippen LogP) is 3.93. The highest BCUT2D eigenvalue weighted by atomic mass is 35.5. The van der Waals surface area contributed by atoms with Crippen LogP contribution in [0.4, 0.5) is 11.4 Å². The number of nitrogen functional groups attached to an aromatic ring is 1. The van der Waals surface area contributed by atoms with Gasteiger partial charge in [-0.05, 0) is 25.0 Å². The molecule has 0 bridgehead atoms. The average molecular weight is 245 g/mol. The number of halogens is 2. The van der Waals surface area contributed by atoms with Crippen molar-refractivity contribution in [1.82, 2.24) is 0 Å². The maximum Gasteiger partial charge on any atom is 0.0722 e. The lowest BCUT2D eigenvalue weighted by Gasteiger charge is -2.16. The van der Waals surface area contributed by atoms with Crippen molar-refractivity contribution in [3.05, 3.63) is 22.2 Å². The first-order valence-electron chi connectivity index (χ1n) is 5.18. The Morgan fingerprint density at radius 2 is 1.67 bits per heavy atom. The molecule has 1 aliphatic carbocycles. The zero-order valence-corrected chi connectivity index (χ0v) is 9.91. The molecule has 82 valence electrons. The molecule has 1 aromatic rings. The third kappa shape index (κ3) is 2.50. The molecule has 4 heteroatoms. The van der Waals surface area contributed by atoms with Crippen LogP contribution in [0.2, 0.25) is 10.0 Å². The van der Waals surface area contributed by atoms with E-state index < -0.39 is 0 Å². The summed E-state index contributed by atoms with van der Waals surface area (Å²) in [6.45, 7) is 0. The van der Waals surface area contributed by atoms with E-state index in [4.69, 9.17) is 28.9 Å². The monoisotopic (exact) mass is 244 g/mol. The van der Waals surface area contributed by atoms with Gasteiger partial charge in [0.15, 0.2) is 0 Å². The molecule has 1 fully saturated rings. The van der Waals surface area contributed by atoms with Gasteiger partial charge < -0.3 is 11.1 Å². The van der Waals surface area contributed by atoms with Crippen molar-refractivity contribution in [2.75, 3.05) is 11.1 Å².